The van der Waals surface area contributed by atoms with Crippen LogP contribution in [0.1, 0.15) is 31.1 Å². The number of fused-ring (bicyclic) bond motifs is 2. The zero-order chi connectivity index (χ0) is 18.8. The second-order valence-electron chi connectivity index (χ2n) is 7.30. The molecule has 3 aliphatic heterocycles. The number of benzene rings is 2. The van der Waals surface area contributed by atoms with E-state index in [2.05, 4.69) is 0 Å². The monoisotopic (exact) mass is 372 g/mol. The van der Waals surface area contributed by atoms with E-state index in [0.717, 1.165) is 5.56 Å². The predicted octanol–water partition coefficient (Wildman–Crippen LogP) is 2.45. The molecule has 2 aromatic carbocycles. The number of ether oxygens (including phenoxy) is 5. The fourth-order valence-corrected chi connectivity index (χ4v) is 3.92. The van der Waals surface area contributed by atoms with Gasteiger partial charge in [0.25, 0.3) is 0 Å². The minimum atomic E-state index is -1.91. The molecule has 27 heavy (non-hydrogen) atoms. The van der Waals surface area contributed by atoms with Crippen molar-refractivity contribution in [2.45, 2.75) is 31.3 Å². The zero-order valence-electron chi connectivity index (χ0n) is 15.0. The van der Waals surface area contributed by atoms with Gasteiger partial charge in [0, 0.05) is 11.5 Å². The molecule has 7 nitrogen and oxygen atoms in total. The second kappa shape index (κ2) is 5.51. The predicted molar refractivity (Wildman–Crippen MR) is 92.6 cm³/mol. The van der Waals surface area contributed by atoms with Gasteiger partial charge in [0.05, 0.1) is 6.10 Å². The molecule has 3 heterocycles. The highest BCUT2D eigenvalue weighted by Crippen LogP contribution is 2.55. The largest absolute Gasteiger partial charge is 0.454 e. The first-order valence-corrected chi connectivity index (χ1v) is 8.82. The molecule has 0 saturated carbocycles. The number of aliphatic hydroxyl groups is 2. The molecule has 5 rings (SSSR count). The van der Waals surface area contributed by atoms with Gasteiger partial charge in [0.1, 0.15) is 5.60 Å². The van der Waals surface area contributed by atoms with Gasteiger partial charge < -0.3 is 33.9 Å². The Balaban J connectivity index is 1.54. The normalized spacial score (nSPS) is 33.5. The van der Waals surface area contributed by atoms with Gasteiger partial charge in [-0.25, -0.2) is 0 Å². The zero-order valence-corrected chi connectivity index (χ0v) is 15.0. The van der Waals surface area contributed by atoms with Crippen molar-refractivity contribution >= 4 is 0 Å². The average molecular weight is 372 g/mol. The summed E-state index contributed by atoms with van der Waals surface area (Å²) in [6.07, 6.45) is -0.537. The van der Waals surface area contributed by atoms with Crippen LogP contribution in [0.4, 0.5) is 0 Å². The summed E-state index contributed by atoms with van der Waals surface area (Å²) in [7, 11) is 0. The van der Waals surface area contributed by atoms with E-state index in [1.54, 1.807) is 31.2 Å². The van der Waals surface area contributed by atoms with E-state index >= 15 is 0 Å². The first-order chi connectivity index (χ1) is 12.9. The summed E-state index contributed by atoms with van der Waals surface area (Å²) in [6.45, 7) is 3.73. The van der Waals surface area contributed by atoms with E-state index in [9.17, 15) is 10.2 Å². The summed E-state index contributed by atoms with van der Waals surface area (Å²) in [5.74, 6) is 0.103. The Morgan fingerprint density at radius 1 is 0.852 bits per heavy atom. The molecular formula is C20H20O7. The van der Waals surface area contributed by atoms with Crippen molar-refractivity contribution in [2.75, 3.05) is 13.6 Å². The van der Waals surface area contributed by atoms with Gasteiger partial charge in [-0.1, -0.05) is 13.0 Å². The molecule has 1 saturated heterocycles. The average Bonchev–Trinajstić information content (AvgIpc) is 3.35. The van der Waals surface area contributed by atoms with E-state index in [1.165, 1.54) is 0 Å². The van der Waals surface area contributed by atoms with Crippen molar-refractivity contribution in [1.29, 1.82) is 0 Å². The van der Waals surface area contributed by atoms with Crippen LogP contribution in [0.3, 0.4) is 0 Å². The Kier molecular flexibility index (Phi) is 3.40. The molecule has 0 bridgehead atoms. The van der Waals surface area contributed by atoms with E-state index in [0.29, 0.717) is 28.6 Å². The van der Waals surface area contributed by atoms with Gasteiger partial charge in [-0.05, 0) is 42.8 Å². The lowest BCUT2D eigenvalue weighted by molar-refractivity contribution is -0.270. The first-order valence-electron chi connectivity index (χ1n) is 8.82. The van der Waals surface area contributed by atoms with Gasteiger partial charge >= 0.3 is 0 Å². The van der Waals surface area contributed by atoms with Crippen LogP contribution in [0, 0.1) is 5.92 Å². The maximum absolute atomic E-state index is 11.4. The van der Waals surface area contributed by atoms with Gasteiger partial charge in [-0.3, -0.25) is 0 Å². The van der Waals surface area contributed by atoms with Gasteiger partial charge in [-0.15, -0.1) is 0 Å². The number of hydrogen-bond donors (Lipinski definition) is 2. The molecule has 2 N–H and O–H groups in total. The molecule has 0 spiro atoms. The minimum absolute atomic E-state index is 0.130. The number of hydrogen-bond acceptors (Lipinski definition) is 7. The summed E-state index contributed by atoms with van der Waals surface area (Å²) in [6, 6.07) is 10.5. The van der Waals surface area contributed by atoms with E-state index in [4.69, 9.17) is 23.7 Å². The van der Waals surface area contributed by atoms with Crippen LogP contribution < -0.4 is 18.9 Å². The van der Waals surface area contributed by atoms with Crippen molar-refractivity contribution in [1.82, 2.24) is 0 Å². The van der Waals surface area contributed by atoms with Crippen molar-refractivity contribution in [3.8, 4) is 23.0 Å². The van der Waals surface area contributed by atoms with E-state index in [1.807, 2.05) is 19.1 Å². The molecule has 7 heteroatoms. The van der Waals surface area contributed by atoms with Crippen LogP contribution in [0.5, 0.6) is 23.0 Å². The Hall–Kier alpha value is -2.48. The lowest BCUT2D eigenvalue weighted by Gasteiger charge is -2.35. The molecule has 3 aliphatic rings. The molecule has 0 aromatic heterocycles. The molecule has 0 amide bonds. The van der Waals surface area contributed by atoms with Crippen LogP contribution in [0.2, 0.25) is 0 Å². The van der Waals surface area contributed by atoms with E-state index < -0.39 is 23.4 Å². The second-order valence-corrected chi connectivity index (χ2v) is 7.30. The summed E-state index contributed by atoms with van der Waals surface area (Å²) in [5, 5.41) is 22.6. The summed E-state index contributed by atoms with van der Waals surface area (Å²) in [5.41, 5.74) is -0.336. The molecule has 2 aromatic rings. The van der Waals surface area contributed by atoms with Gasteiger partial charge in [0.2, 0.25) is 19.4 Å². The number of rotatable bonds is 2. The topological polar surface area (TPSA) is 86.6 Å². The molecule has 1 fully saturated rings. The Bertz CT molecular complexity index is 909. The maximum atomic E-state index is 11.4. The van der Waals surface area contributed by atoms with Gasteiger partial charge in [-0.2, -0.15) is 0 Å². The summed E-state index contributed by atoms with van der Waals surface area (Å²) in [4.78, 5) is 0. The van der Waals surface area contributed by atoms with Gasteiger partial charge in [0.15, 0.2) is 23.0 Å². The Morgan fingerprint density at radius 3 is 2.15 bits per heavy atom. The fourth-order valence-electron chi connectivity index (χ4n) is 3.92. The quantitative estimate of drug-likeness (QED) is 0.837. The van der Waals surface area contributed by atoms with Crippen molar-refractivity contribution in [3.63, 3.8) is 0 Å². The van der Waals surface area contributed by atoms with Crippen LogP contribution in [-0.2, 0) is 10.5 Å². The highest BCUT2D eigenvalue weighted by molar-refractivity contribution is 5.48. The van der Waals surface area contributed by atoms with Crippen molar-refractivity contribution in [2.24, 2.45) is 5.92 Å². The third-order valence-corrected chi connectivity index (χ3v) is 5.81. The van der Waals surface area contributed by atoms with Crippen LogP contribution in [0.15, 0.2) is 36.4 Å². The highest BCUT2D eigenvalue weighted by Gasteiger charge is 2.61. The molecular weight excluding hydrogens is 352 g/mol. The first kappa shape index (κ1) is 16.7. The Labute approximate surface area is 156 Å². The molecule has 0 unspecified atom stereocenters. The smallest absolute Gasteiger partial charge is 0.231 e. The summed E-state index contributed by atoms with van der Waals surface area (Å²) < 4.78 is 27.6. The Morgan fingerprint density at radius 2 is 1.44 bits per heavy atom. The lowest BCUT2D eigenvalue weighted by Crippen LogP contribution is -2.49. The SMILES string of the molecule is C[C@H]1[C@H](c2ccc3c(c2)OCO3)O[C@@](O)(c2ccc3c(c2)OCO3)[C@]1(C)O. The van der Waals surface area contributed by atoms with E-state index in [-0.39, 0.29) is 13.6 Å². The molecule has 0 radical (unpaired) electrons. The summed E-state index contributed by atoms with van der Waals surface area (Å²) >= 11 is 0. The van der Waals surface area contributed by atoms with Crippen molar-refractivity contribution < 1.29 is 33.9 Å². The molecule has 4 atom stereocenters. The maximum Gasteiger partial charge on any atom is 0.231 e. The fraction of sp³-hybridized carbons (Fsp3) is 0.400. The molecule has 0 aliphatic carbocycles. The minimum Gasteiger partial charge on any atom is -0.454 e. The van der Waals surface area contributed by atoms with Crippen LogP contribution in [-0.4, -0.2) is 29.4 Å². The third kappa shape index (κ3) is 2.25. The lowest BCUT2D eigenvalue weighted by atomic mass is 9.79. The standard InChI is InChI=1S/C20H20O7/c1-11-18(12-3-5-14-16(7-12)25-9-23-14)27-20(22,19(11,2)21)13-4-6-15-17(8-13)26-10-24-15/h3-8,11,18,21-22H,9-10H2,1-2H3/t11-,18+,19+,20-/m0/s1. The van der Waals surface area contributed by atoms with Crippen LogP contribution >= 0.6 is 0 Å². The molecule has 142 valence electrons. The highest BCUT2D eigenvalue weighted by atomic mass is 16.7. The van der Waals surface area contributed by atoms with Crippen LogP contribution in [0.25, 0.3) is 0 Å². The third-order valence-electron chi connectivity index (χ3n) is 5.81. The van der Waals surface area contributed by atoms with Crippen molar-refractivity contribution in [3.05, 3.63) is 47.5 Å².